The van der Waals surface area contributed by atoms with Crippen LogP contribution in [0.4, 0.5) is 5.69 Å². The van der Waals surface area contributed by atoms with E-state index in [4.69, 9.17) is 14.9 Å². The van der Waals surface area contributed by atoms with E-state index in [0.29, 0.717) is 6.08 Å². The van der Waals surface area contributed by atoms with E-state index in [1.165, 1.54) is 12.1 Å². The summed E-state index contributed by atoms with van der Waals surface area (Å²) >= 11 is 0. The van der Waals surface area contributed by atoms with Crippen molar-refractivity contribution in [1.82, 2.24) is 0 Å². The Labute approximate surface area is 99.9 Å². The maximum absolute atomic E-state index is 10.7. The Morgan fingerprint density at radius 3 is 2.39 bits per heavy atom. The Morgan fingerprint density at radius 1 is 1.28 bits per heavy atom. The third kappa shape index (κ3) is 3.30. The Morgan fingerprint density at radius 2 is 1.89 bits per heavy atom. The minimum absolute atomic E-state index is 0.305. The second kappa shape index (κ2) is 5.43. The van der Waals surface area contributed by atoms with E-state index >= 15 is 0 Å². The van der Waals surface area contributed by atoms with Crippen LogP contribution in [0.5, 0.6) is 5.75 Å². The molecule has 0 spiro atoms. The van der Waals surface area contributed by atoms with E-state index in [0.717, 1.165) is 12.1 Å². The Hall–Kier alpha value is -2.90. The highest BCUT2D eigenvalue weighted by atomic mass is 16.6. The number of nitro groups is 1. The summed E-state index contributed by atoms with van der Waals surface area (Å²) in [6.45, 7) is 0. The molecule has 0 heterocycles. The molecule has 0 radical (unpaired) electrons. The zero-order chi connectivity index (χ0) is 13.7. The van der Waals surface area contributed by atoms with Crippen molar-refractivity contribution in [2.24, 2.45) is 0 Å². The second-order valence-electron chi connectivity index (χ2n) is 2.98. The lowest BCUT2D eigenvalue weighted by molar-refractivity contribution is -0.385. The summed E-state index contributed by atoms with van der Waals surface area (Å²) in [5.41, 5.74) is -0.463. The number of ether oxygens (including phenoxy) is 1. The molecule has 0 aliphatic heterocycles. The molecule has 0 unspecified atom stereocenters. The van der Waals surface area contributed by atoms with Crippen molar-refractivity contribution in [2.45, 2.75) is 0 Å². The molecule has 1 rings (SSSR count). The molecule has 0 fully saturated rings. The quantitative estimate of drug-likeness (QED) is 0.347. The van der Waals surface area contributed by atoms with Crippen molar-refractivity contribution in [1.29, 1.82) is 0 Å². The maximum Gasteiger partial charge on any atom is 0.372 e. The van der Waals surface area contributed by atoms with Crippen LogP contribution >= 0.6 is 0 Å². The molecule has 0 saturated heterocycles. The summed E-state index contributed by atoms with van der Waals surface area (Å²) in [5, 5.41) is 27.8. The van der Waals surface area contributed by atoms with Gasteiger partial charge in [0.15, 0.2) is 0 Å². The van der Waals surface area contributed by atoms with Gasteiger partial charge in [0.1, 0.15) is 0 Å². The molecule has 0 atom stereocenters. The first-order valence-corrected chi connectivity index (χ1v) is 4.51. The van der Waals surface area contributed by atoms with Gasteiger partial charge in [-0.15, -0.1) is 0 Å². The van der Waals surface area contributed by atoms with Crippen LogP contribution in [0.25, 0.3) is 0 Å². The highest BCUT2D eigenvalue weighted by molar-refractivity contribution is 5.93. The van der Waals surface area contributed by atoms with Crippen LogP contribution in [-0.2, 0) is 9.59 Å². The smallest absolute Gasteiger partial charge is 0.372 e. The molecule has 0 bridgehead atoms. The van der Waals surface area contributed by atoms with Gasteiger partial charge in [-0.25, -0.2) is 9.59 Å². The summed E-state index contributed by atoms with van der Waals surface area (Å²) in [6.07, 6.45) is 0.305. The van der Waals surface area contributed by atoms with Crippen molar-refractivity contribution in [3.63, 3.8) is 0 Å². The molecule has 0 aromatic heterocycles. The minimum Gasteiger partial charge on any atom is -0.478 e. The molecular weight excluding hydrogens is 246 g/mol. The average Bonchev–Trinajstić information content (AvgIpc) is 2.27. The van der Waals surface area contributed by atoms with E-state index in [2.05, 4.69) is 0 Å². The van der Waals surface area contributed by atoms with Gasteiger partial charge in [-0.1, -0.05) is 12.1 Å². The fourth-order valence-electron chi connectivity index (χ4n) is 1.06. The number of carboxylic acid groups (broad SMARTS) is 2. The van der Waals surface area contributed by atoms with Crippen molar-refractivity contribution in [3.05, 3.63) is 46.2 Å². The van der Waals surface area contributed by atoms with Crippen molar-refractivity contribution < 1.29 is 29.5 Å². The Bertz CT molecular complexity index is 535. The van der Waals surface area contributed by atoms with Gasteiger partial charge in [-0.05, 0) is 6.07 Å². The van der Waals surface area contributed by atoms with Crippen LogP contribution in [0.1, 0.15) is 0 Å². The SMILES string of the molecule is O=C(O)/C=C(/Oc1ccccc1[N+](=O)[O-])C(=O)O. The highest BCUT2D eigenvalue weighted by Gasteiger charge is 2.19. The number of hydrogen-bond donors (Lipinski definition) is 2. The molecule has 0 aliphatic rings. The van der Waals surface area contributed by atoms with Gasteiger partial charge < -0.3 is 14.9 Å². The first-order valence-electron chi connectivity index (χ1n) is 4.51. The fraction of sp³-hybridized carbons (Fsp3) is 0. The molecule has 8 nitrogen and oxygen atoms in total. The first kappa shape index (κ1) is 13.2. The Kier molecular flexibility index (Phi) is 3.98. The van der Waals surface area contributed by atoms with Gasteiger partial charge in [-0.3, -0.25) is 10.1 Å². The molecular formula is C10H7NO7. The van der Waals surface area contributed by atoms with Gasteiger partial charge in [0.2, 0.25) is 11.5 Å². The lowest BCUT2D eigenvalue weighted by atomic mass is 10.3. The van der Waals surface area contributed by atoms with Crippen molar-refractivity contribution in [2.75, 3.05) is 0 Å². The number of nitro benzene ring substituents is 1. The molecule has 2 N–H and O–H groups in total. The second-order valence-corrected chi connectivity index (χ2v) is 2.98. The molecule has 0 amide bonds. The molecule has 0 saturated carbocycles. The summed E-state index contributed by atoms with van der Waals surface area (Å²) in [6, 6.07) is 5.03. The van der Waals surface area contributed by atoms with E-state index in [1.54, 1.807) is 0 Å². The molecule has 18 heavy (non-hydrogen) atoms. The molecule has 94 valence electrons. The molecule has 1 aromatic carbocycles. The summed E-state index contributed by atoms with van der Waals surface area (Å²) < 4.78 is 4.72. The zero-order valence-electron chi connectivity index (χ0n) is 8.77. The van der Waals surface area contributed by atoms with E-state index in [9.17, 15) is 19.7 Å². The Balaban J connectivity index is 3.13. The van der Waals surface area contributed by atoms with E-state index in [1.807, 2.05) is 0 Å². The number of carboxylic acids is 2. The third-order valence-corrected chi connectivity index (χ3v) is 1.75. The predicted molar refractivity (Wildman–Crippen MR) is 57.1 cm³/mol. The summed E-state index contributed by atoms with van der Waals surface area (Å²) in [4.78, 5) is 30.9. The maximum atomic E-state index is 10.7. The standard InChI is InChI=1S/C10H7NO7/c12-9(13)5-8(10(14)15)18-7-4-2-1-3-6(7)11(16)17/h1-5H,(H,12,13)(H,14,15)/b8-5+. The number of hydrogen-bond acceptors (Lipinski definition) is 5. The van der Waals surface area contributed by atoms with Crippen LogP contribution in [0, 0.1) is 10.1 Å². The van der Waals surface area contributed by atoms with Crippen LogP contribution < -0.4 is 4.74 Å². The number of rotatable bonds is 5. The minimum atomic E-state index is -1.64. The van der Waals surface area contributed by atoms with Crippen LogP contribution in [-0.4, -0.2) is 27.1 Å². The largest absolute Gasteiger partial charge is 0.478 e. The fourth-order valence-corrected chi connectivity index (χ4v) is 1.06. The van der Waals surface area contributed by atoms with Gasteiger partial charge in [0.25, 0.3) is 0 Å². The van der Waals surface area contributed by atoms with Gasteiger partial charge in [0, 0.05) is 6.07 Å². The number of nitrogens with zero attached hydrogens (tertiary/aromatic N) is 1. The zero-order valence-corrected chi connectivity index (χ0v) is 8.77. The number of aliphatic carboxylic acids is 2. The topological polar surface area (TPSA) is 127 Å². The number of para-hydroxylation sites is 2. The molecule has 0 aliphatic carbocycles. The van der Waals surface area contributed by atoms with Crippen LogP contribution in [0.2, 0.25) is 0 Å². The van der Waals surface area contributed by atoms with Gasteiger partial charge in [0.05, 0.1) is 11.0 Å². The van der Waals surface area contributed by atoms with Gasteiger partial charge in [-0.2, -0.15) is 0 Å². The number of carbonyl (C=O) groups is 2. The summed E-state index contributed by atoms with van der Waals surface area (Å²) in [5.74, 6) is -4.45. The average molecular weight is 253 g/mol. The van der Waals surface area contributed by atoms with Crippen molar-refractivity contribution >= 4 is 17.6 Å². The highest BCUT2D eigenvalue weighted by Crippen LogP contribution is 2.27. The van der Waals surface area contributed by atoms with Crippen LogP contribution in [0.15, 0.2) is 36.1 Å². The lowest BCUT2D eigenvalue weighted by Crippen LogP contribution is -2.11. The third-order valence-electron chi connectivity index (χ3n) is 1.75. The molecule has 8 heteroatoms. The number of benzene rings is 1. The van der Waals surface area contributed by atoms with Crippen LogP contribution in [0.3, 0.4) is 0 Å². The summed E-state index contributed by atoms with van der Waals surface area (Å²) in [7, 11) is 0. The van der Waals surface area contributed by atoms with Gasteiger partial charge >= 0.3 is 17.6 Å². The predicted octanol–water partition coefficient (Wildman–Crippen LogP) is 1.03. The molecule has 1 aromatic rings. The van der Waals surface area contributed by atoms with Crippen molar-refractivity contribution in [3.8, 4) is 5.75 Å². The first-order chi connectivity index (χ1) is 8.41. The normalized spacial score (nSPS) is 10.8. The monoisotopic (exact) mass is 253 g/mol. The lowest BCUT2D eigenvalue weighted by Gasteiger charge is -2.05. The van der Waals surface area contributed by atoms with E-state index < -0.39 is 28.3 Å². The van der Waals surface area contributed by atoms with E-state index in [-0.39, 0.29) is 5.75 Å².